The molecule has 1 aliphatic heterocycles. The van der Waals surface area contributed by atoms with E-state index in [2.05, 4.69) is 4.74 Å². The van der Waals surface area contributed by atoms with E-state index in [4.69, 9.17) is 9.26 Å². The minimum Gasteiger partial charge on any atom is -0.416 e. The van der Waals surface area contributed by atoms with Crippen LogP contribution in [0.5, 0.6) is 5.75 Å². The van der Waals surface area contributed by atoms with Crippen LogP contribution in [0.2, 0.25) is 18.1 Å². The summed E-state index contributed by atoms with van der Waals surface area (Å²) in [6, 6.07) is 2.54. The molecule has 0 saturated carbocycles. The number of β-lactam (4-membered cyclic amide) rings is 1. The summed E-state index contributed by atoms with van der Waals surface area (Å²) in [6.45, 7) is 11.6. The van der Waals surface area contributed by atoms with Gasteiger partial charge in [-0.3, -0.25) is 14.4 Å². The molecule has 2 aromatic rings. The molecule has 0 N–H and O–H groups in total. The van der Waals surface area contributed by atoms with Crippen LogP contribution in [0.25, 0.3) is 0 Å². The number of halogens is 5. The molecule has 242 valence electrons. The number of hydroxylamine groups is 2. The summed E-state index contributed by atoms with van der Waals surface area (Å²) in [5.74, 6) is -19.6. The number of nitrogens with zero attached hydrogens (tertiary/aromatic N) is 1. The van der Waals surface area contributed by atoms with Crippen molar-refractivity contribution < 1.29 is 59.9 Å². The van der Waals surface area contributed by atoms with E-state index >= 15 is 0 Å². The van der Waals surface area contributed by atoms with E-state index in [1.807, 2.05) is 33.9 Å². The Labute approximate surface area is 255 Å². The summed E-state index contributed by atoms with van der Waals surface area (Å²) in [7, 11) is -2.42. The van der Waals surface area contributed by atoms with Gasteiger partial charge < -0.3 is 14.0 Å². The second-order valence-corrected chi connectivity index (χ2v) is 17.2. The highest BCUT2D eigenvalue weighted by molar-refractivity contribution is 6.74. The van der Waals surface area contributed by atoms with Gasteiger partial charge in [-0.15, -0.1) is 0 Å². The van der Waals surface area contributed by atoms with Gasteiger partial charge in [-0.25, -0.2) is 22.8 Å². The molecule has 0 radical (unpaired) electrons. The average Bonchev–Trinajstić information content (AvgIpc) is 2.97. The third kappa shape index (κ3) is 6.02. The fourth-order valence-electron chi connectivity index (χ4n) is 5.28. The van der Waals surface area contributed by atoms with Crippen LogP contribution < -0.4 is 4.74 Å². The number of aldehydes is 1. The molecular weight excluding hydrogens is 625 g/mol. The highest BCUT2D eigenvalue weighted by Gasteiger charge is 2.59. The Hall–Kier alpha value is -3.98. The van der Waals surface area contributed by atoms with Crippen LogP contribution in [0.4, 0.5) is 22.0 Å². The largest absolute Gasteiger partial charge is 0.416 e. The van der Waals surface area contributed by atoms with Gasteiger partial charge in [0.1, 0.15) is 0 Å². The Morgan fingerprint density at radius 3 is 2.13 bits per heavy atom. The maximum absolute atomic E-state index is 14.1. The number of esters is 1. The molecule has 9 nitrogen and oxygen atoms in total. The maximum Gasteiger partial charge on any atom is 0.395 e. The van der Waals surface area contributed by atoms with Gasteiger partial charge >= 0.3 is 11.9 Å². The Balaban J connectivity index is 1.65. The van der Waals surface area contributed by atoms with Gasteiger partial charge in [-0.2, -0.15) is 13.8 Å². The highest BCUT2D eigenvalue weighted by atomic mass is 28.4. The molecule has 1 amide bonds. The van der Waals surface area contributed by atoms with E-state index in [9.17, 15) is 45.9 Å². The lowest BCUT2D eigenvalue weighted by Crippen LogP contribution is -2.69. The number of carbonyl (C=O) groups excluding carboxylic acids is 5. The molecule has 0 unspecified atom stereocenters. The first kappa shape index (κ1) is 33.9. The van der Waals surface area contributed by atoms with Crippen LogP contribution in [0.15, 0.2) is 18.2 Å². The lowest BCUT2D eigenvalue weighted by atomic mass is 9.70. The zero-order chi connectivity index (χ0) is 33.8. The van der Waals surface area contributed by atoms with Crippen molar-refractivity contribution in [1.29, 1.82) is 0 Å². The molecule has 1 saturated heterocycles. The van der Waals surface area contributed by atoms with Crippen LogP contribution in [-0.2, 0) is 30.1 Å². The first-order chi connectivity index (χ1) is 20.8. The Bertz CT molecular complexity index is 1580. The van der Waals surface area contributed by atoms with Crippen LogP contribution >= 0.6 is 0 Å². The molecule has 2 aromatic carbocycles. The number of carbonyl (C=O) groups is 5. The van der Waals surface area contributed by atoms with Crippen molar-refractivity contribution in [3.8, 4) is 5.75 Å². The predicted molar refractivity (Wildman–Crippen MR) is 148 cm³/mol. The monoisotopic (exact) mass is 655 g/mol. The number of ketones is 1. The molecular formula is C30H30F5NO8Si. The fourth-order valence-corrected chi connectivity index (χ4v) is 6.71. The second-order valence-electron chi connectivity index (χ2n) is 12.5. The van der Waals surface area contributed by atoms with E-state index in [1.165, 1.54) is 6.07 Å². The van der Waals surface area contributed by atoms with Crippen molar-refractivity contribution in [2.45, 2.75) is 70.8 Å². The molecule has 0 aromatic heterocycles. The van der Waals surface area contributed by atoms with E-state index < -0.39 is 96.3 Å². The van der Waals surface area contributed by atoms with Crippen molar-refractivity contribution in [2.24, 2.45) is 11.8 Å². The summed E-state index contributed by atoms with van der Waals surface area (Å²) < 4.78 is 79.7. The molecule has 0 bridgehead atoms. The normalized spacial score (nSPS) is 20.7. The average molecular weight is 656 g/mol. The number of rotatable bonds is 8. The predicted octanol–water partition coefficient (Wildman–Crippen LogP) is 5.24. The molecule has 1 fully saturated rings. The Morgan fingerprint density at radius 1 is 1.00 bits per heavy atom. The molecule has 15 heteroatoms. The number of hydrogen-bond donors (Lipinski definition) is 0. The third-order valence-corrected chi connectivity index (χ3v) is 13.2. The standard InChI is InChI=1S/C30H30F5NO8Si/c1-13(44-45(5,6)30(2,3)4)19-25(36(28(19)40)43-18(38)12-37)16-10-9-14-7-8-15(11-17(14)26(16)39)29(41)42-27-23(34)21(32)20(31)22(33)24(27)35/h7-8,11-13,16,19,25H,9-10H2,1-6H3/t13-,16-,19-,25-/m1/s1. The van der Waals surface area contributed by atoms with Gasteiger partial charge in [0.2, 0.25) is 41.1 Å². The first-order valence-electron chi connectivity index (χ1n) is 13.9. The quantitative estimate of drug-likeness (QED) is 0.0437. The number of amides is 1. The van der Waals surface area contributed by atoms with E-state index in [0.717, 1.165) is 12.1 Å². The SMILES string of the molecule is C[C@@H](O[Si](C)(C)C(C)(C)C)[C@H]1C(=O)N(OC(=O)C=O)[C@@H]1[C@H]1CCc2ccc(C(=O)Oc3c(F)c(F)c(F)c(F)c3F)cc2C1=O. The number of Topliss-reactive ketones (excluding diaryl/α,β-unsaturated/α-hetero) is 1. The summed E-state index contributed by atoms with van der Waals surface area (Å²) in [5, 5.41) is 0.455. The summed E-state index contributed by atoms with van der Waals surface area (Å²) in [5.41, 5.74) is -0.00382. The third-order valence-electron chi connectivity index (χ3n) is 8.67. The second kappa shape index (κ2) is 12.1. The van der Waals surface area contributed by atoms with Gasteiger partial charge in [0.25, 0.3) is 5.91 Å². The van der Waals surface area contributed by atoms with E-state index in [-0.39, 0.29) is 29.7 Å². The Kier molecular flexibility index (Phi) is 9.10. The molecule has 4 atom stereocenters. The molecule has 4 rings (SSSR count). The van der Waals surface area contributed by atoms with Crippen LogP contribution in [0, 0.1) is 40.9 Å². The van der Waals surface area contributed by atoms with Crippen molar-refractivity contribution in [3.05, 3.63) is 64.0 Å². The zero-order valence-corrected chi connectivity index (χ0v) is 26.1. The number of benzene rings is 2. The van der Waals surface area contributed by atoms with Gasteiger partial charge in [0.05, 0.1) is 23.6 Å². The van der Waals surface area contributed by atoms with E-state index in [1.54, 1.807) is 6.92 Å². The summed E-state index contributed by atoms with van der Waals surface area (Å²) in [4.78, 5) is 67.5. The lowest BCUT2D eigenvalue weighted by molar-refractivity contribution is -0.247. The van der Waals surface area contributed by atoms with Gasteiger partial charge in [-0.05, 0) is 55.6 Å². The minimum atomic E-state index is -2.43. The number of ether oxygens (including phenoxy) is 1. The fraction of sp³-hybridized carbons (Fsp3) is 0.433. The molecule has 1 heterocycles. The van der Waals surface area contributed by atoms with Crippen molar-refractivity contribution in [1.82, 2.24) is 5.06 Å². The summed E-state index contributed by atoms with van der Waals surface area (Å²) in [6.07, 6.45) is -0.417. The van der Waals surface area contributed by atoms with Crippen LogP contribution in [0.3, 0.4) is 0 Å². The van der Waals surface area contributed by atoms with E-state index in [0.29, 0.717) is 10.6 Å². The number of fused-ring (bicyclic) bond motifs is 1. The first-order valence-corrected chi connectivity index (χ1v) is 16.8. The Morgan fingerprint density at radius 2 is 1.58 bits per heavy atom. The number of hydrogen-bond acceptors (Lipinski definition) is 8. The van der Waals surface area contributed by atoms with Crippen LogP contribution in [-0.4, -0.2) is 55.4 Å². The van der Waals surface area contributed by atoms with Gasteiger partial charge in [-0.1, -0.05) is 26.8 Å². The summed E-state index contributed by atoms with van der Waals surface area (Å²) >= 11 is 0. The minimum absolute atomic E-state index is 0.0316. The number of aryl methyl sites for hydroxylation is 1. The topological polar surface area (TPSA) is 116 Å². The molecule has 2 aliphatic rings. The smallest absolute Gasteiger partial charge is 0.395 e. The van der Waals surface area contributed by atoms with Gasteiger partial charge in [0.15, 0.2) is 14.1 Å². The molecule has 45 heavy (non-hydrogen) atoms. The van der Waals surface area contributed by atoms with Crippen LogP contribution in [0.1, 0.15) is 60.4 Å². The van der Waals surface area contributed by atoms with Crippen molar-refractivity contribution in [3.63, 3.8) is 0 Å². The molecule has 0 spiro atoms. The lowest BCUT2D eigenvalue weighted by Gasteiger charge is -2.51. The molecule has 1 aliphatic carbocycles. The zero-order valence-electron chi connectivity index (χ0n) is 25.1. The van der Waals surface area contributed by atoms with Gasteiger partial charge in [0, 0.05) is 11.5 Å². The van der Waals surface area contributed by atoms with Crippen molar-refractivity contribution >= 4 is 38.2 Å². The van der Waals surface area contributed by atoms with Crippen molar-refractivity contribution in [2.75, 3.05) is 0 Å². The highest BCUT2D eigenvalue weighted by Crippen LogP contribution is 2.44. The maximum atomic E-state index is 14.1.